The molecular weight excluding hydrogens is 472 g/mol. The molecule has 1 aromatic heterocycles. The average Bonchev–Trinajstić information content (AvgIpc) is 3.25. The van der Waals surface area contributed by atoms with Gasteiger partial charge in [0.15, 0.2) is 5.58 Å². The van der Waals surface area contributed by atoms with E-state index in [0.717, 1.165) is 30.7 Å². The van der Waals surface area contributed by atoms with E-state index in [9.17, 15) is 9.59 Å². The van der Waals surface area contributed by atoms with Crippen LogP contribution in [0, 0.1) is 5.92 Å². The molecule has 1 saturated heterocycles. The number of carbonyl (C=O) groups is 2. The number of hydrogen-bond donors (Lipinski definition) is 2. The predicted octanol–water partition coefficient (Wildman–Crippen LogP) is 4.92. The van der Waals surface area contributed by atoms with Crippen molar-refractivity contribution in [1.29, 1.82) is 0 Å². The number of ether oxygens (including phenoxy) is 1. The number of carboxylic acid groups (broad SMARTS) is 2. The third kappa shape index (κ3) is 9.07. The average molecular weight is 501 g/mol. The highest BCUT2D eigenvalue weighted by atomic mass is 35.5. The maximum absolute atomic E-state index is 9.55. The van der Waals surface area contributed by atoms with Gasteiger partial charge in [0.05, 0.1) is 12.0 Å². The number of piperidine rings is 1. The Kier molecular flexibility index (Phi) is 10.1. The Balaban J connectivity index is 0.000000371. The Labute approximate surface area is 208 Å². The van der Waals surface area contributed by atoms with Gasteiger partial charge in [0.25, 0.3) is 5.88 Å². The van der Waals surface area contributed by atoms with Gasteiger partial charge in [-0.1, -0.05) is 41.9 Å². The van der Waals surface area contributed by atoms with Crippen molar-refractivity contribution in [2.45, 2.75) is 25.7 Å². The van der Waals surface area contributed by atoms with E-state index < -0.39 is 11.9 Å². The lowest BCUT2D eigenvalue weighted by Crippen LogP contribution is -2.35. The number of aliphatic carboxylic acids is 2. The zero-order valence-electron chi connectivity index (χ0n) is 19.3. The van der Waals surface area contributed by atoms with E-state index in [-0.39, 0.29) is 0 Å². The molecule has 0 spiro atoms. The van der Waals surface area contributed by atoms with Crippen LogP contribution in [0.25, 0.3) is 11.0 Å². The minimum absolute atomic E-state index is 0.558. The number of aromatic nitrogens is 1. The van der Waals surface area contributed by atoms with E-state index in [2.05, 4.69) is 40.4 Å². The summed E-state index contributed by atoms with van der Waals surface area (Å²) < 4.78 is 11.2. The molecule has 1 fully saturated rings. The number of hydrogen-bond acceptors (Lipinski definition) is 6. The third-order valence-corrected chi connectivity index (χ3v) is 6.04. The van der Waals surface area contributed by atoms with Gasteiger partial charge >= 0.3 is 11.9 Å². The molecule has 0 radical (unpaired) electrons. The number of likely N-dealkylation sites (tertiary alicyclic amines) is 1. The quantitative estimate of drug-likeness (QED) is 0.398. The molecule has 0 aliphatic carbocycles. The van der Waals surface area contributed by atoms with Gasteiger partial charge in [-0.15, -0.1) is 0 Å². The minimum atomic E-state index is -1.26. The molecule has 9 heteroatoms. The van der Waals surface area contributed by atoms with Crippen molar-refractivity contribution in [2.24, 2.45) is 5.92 Å². The summed E-state index contributed by atoms with van der Waals surface area (Å²) in [5, 5.41) is 21.2. The van der Waals surface area contributed by atoms with Crippen molar-refractivity contribution in [3.8, 4) is 5.88 Å². The first-order chi connectivity index (χ1) is 16.9. The Morgan fingerprint density at radius 1 is 1.09 bits per heavy atom. The molecule has 3 aromatic rings. The van der Waals surface area contributed by atoms with Crippen LogP contribution < -0.4 is 4.74 Å². The lowest BCUT2D eigenvalue weighted by atomic mass is 9.93. The van der Waals surface area contributed by atoms with Crippen molar-refractivity contribution < 1.29 is 29.1 Å². The first-order valence-corrected chi connectivity index (χ1v) is 11.9. The van der Waals surface area contributed by atoms with Crippen molar-refractivity contribution in [2.75, 3.05) is 26.2 Å². The van der Waals surface area contributed by atoms with Crippen molar-refractivity contribution in [3.05, 3.63) is 71.3 Å². The highest BCUT2D eigenvalue weighted by Gasteiger charge is 2.19. The van der Waals surface area contributed by atoms with Crippen LogP contribution in [-0.4, -0.2) is 58.4 Å². The highest BCUT2D eigenvalue weighted by molar-refractivity contribution is 6.31. The highest BCUT2D eigenvalue weighted by Crippen LogP contribution is 2.28. The van der Waals surface area contributed by atoms with E-state index in [1.807, 2.05) is 12.1 Å². The zero-order valence-corrected chi connectivity index (χ0v) is 20.1. The molecule has 2 aromatic carbocycles. The summed E-state index contributed by atoms with van der Waals surface area (Å²) in [5.74, 6) is -1.22. The van der Waals surface area contributed by atoms with Crippen molar-refractivity contribution in [1.82, 2.24) is 10.1 Å². The van der Waals surface area contributed by atoms with E-state index >= 15 is 0 Å². The normalized spacial score (nSPS) is 14.5. The van der Waals surface area contributed by atoms with E-state index in [1.165, 1.54) is 31.5 Å². The molecule has 1 aliphatic heterocycles. The lowest BCUT2D eigenvalue weighted by Gasteiger charge is -2.31. The van der Waals surface area contributed by atoms with Crippen LogP contribution in [0.1, 0.15) is 24.8 Å². The molecule has 1 aliphatic rings. The molecule has 8 nitrogen and oxygen atoms in total. The zero-order chi connectivity index (χ0) is 25.0. The molecule has 0 unspecified atom stereocenters. The number of rotatable bonds is 9. The van der Waals surface area contributed by atoms with E-state index in [1.54, 1.807) is 6.07 Å². The van der Waals surface area contributed by atoms with Crippen LogP contribution in [-0.2, 0) is 16.0 Å². The van der Waals surface area contributed by atoms with Gasteiger partial charge in [-0.25, -0.2) is 9.59 Å². The molecule has 0 saturated carbocycles. The van der Waals surface area contributed by atoms with Gasteiger partial charge in [-0.3, -0.25) is 0 Å². The smallest absolute Gasteiger partial charge is 0.328 e. The summed E-state index contributed by atoms with van der Waals surface area (Å²) in [6.07, 6.45) is 5.80. The van der Waals surface area contributed by atoms with Gasteiger partial charge < -0.3 is 24.4 Å². The molecule has 0 bridgehead atoms. The topological polar surface area (TPSA) is 113 Å². The van der Waals surface area contributed by atoms with Gasteiger partial charge in [0.1, 0.15) is 0 Å². The molecule has 4 rings (SSSR count). The summed E-state index contributed by atoms with van der Waals surface area (Å²) in [5.41, 5.74) is 2.10. The van der Waals surface area contributed by atoms with Gasteiger partial charge in [-0.05, 0) is 67.5 Å². The van der Waals surface area contributed by atoms with Crippen LogP contribution in [0.4, 0.5) is 0 Å². The maximum Gasteiger partial charge on any atom is 0.328 e. The van der Waals surface area contributed by atoms with E-state index in [4.69, 9.17) is 31.1 Å². The Morgan fingerprint density at radius 2 is 1.77 bits per heavy atom. The molecule has 35 heavy (non-hydrogen) atoms. The van der Waals surface area contributed by atoms with E-state index in [0.29, 0.717) is 35.2 Å². The third-order valence-electron chi connectivity index (χ3n) is 5.80. The lowest BCUT2D eigenvalue weighted by molar-refractivity contribution is -0.134. The van der Waals surface area contributed by atoms with Crippen LogP contribution in [0.15, 0.2) is 65.2 Å². The fourth-order valence-electron chi connectivity index (χ4n) is 3.89. The minimum Gasteiger partial charge on any atom is -0.478 e. The summed E-state index contributed by atoms with van der Waals surface area (Å²) in [6, 6.07) is 16.2. The van der Waals surface area contributed by atoms with Crippen molar-refractivity contribution in [3.63, 3.8) is 0 Å². The second kappa shape index (κ2) is 13.5. The monoisotopic (exact) mass is 500 g/mol. The first-order valence-electron chi connectivity index (χ1n) is 11.5. The molecule has 2 heterocycles. The Hall–Kier alpha value is -3.36. The number of halogens is 1. The van der Waals surface area contributed by atoms with Crippen LogP contribution in [0.5, 0.6) is 5.88 Å². The first kappa shape index (κ1) is 26.2. The SMILES string of the molecule is Clc1ccc2c(OCCC3CCN(CCc4ccccc4)CC3)noc2c1.O=C(O)/C=C/C(=O)O. The van der Waals surface area contributed by atoms with Crippen LogP contribution >= 0.6 is 11.6 Å². The van der Waals surface area contributed by atoms with Crippen LogP contribution in [0.2, 0.25) is 5.02 Å². The van der Waals surface area contributed by atoms with Gasteiger partial charge in [-0.2, -0.15) is 0 Å². The standard InChI is InChI=1S/C22H25ClN2O2.C4H4O4/c23-19-6-7-20-21(16-19)27-24-22(20)26-15-11-18-9-13-25(14-10-18)12-8-17-4-2-1-3-5-17;5-3(6)1-2-4(7)8/h1-7,16,18H,8-15H2;1-2H,(H,5,6)(H,7,8)/b;2-1+. The van der Waals surface area contributed by atoms with Crippen molar-refractivity contribution >= 4 is 34.5 Å². The summed E-state index contributed by atoms with van der Waals surface area (Å²) in [6.45, 7) is 4.20. The van der Waals surface area contributed by atoms with Gasteiger partial charge in [0, 0.05) is 29.8 Å². The number of nitrogens with zero attached hydrogens (tertiary/aromatic N) is 2. The second-order valence-electron chi connectivity index (χ2n) is 8.30. The Bertz CT molecular complexity index is 1110. The van der Waals surface area contributed by atoms with Crippen LogP contribution in [0.3, 0.4) is 0 Å². The van der Waals surface area contributed by atoms with Gasteiger partial charge in [0.2, 0.25) is 0 Å². The number of fused-ring (bicyclic) bond motifs is 1. The Morgan fingerprint density at radius 3 is 2.43 bits per heavy atom. The fourth-order valence-corrected chi connectivity index (χ4v) is 4.05. The number of carboxylic acids is 2. The molecule has 186 valence electrons. The summed E-state index contributed by atoms with van der Waals surface area (Å²) >= 11 is 5.97. The maximum atomic E-state index is 9.55. The summed E-state index contributed by atoms with van der Waals surface area (Å²) in [7, 11) is 0. The largest absolute Gasteiger partial charge is 0.478 e. The molecular formula is C26H29ClN2O6. The predicted molar refractivity (Wildman–Crippen MR) is 133 cm³/mol. The number of benzene rings is 2. The summed E-state index contributed by atoms with van der Waals surface area (Å²) in [4.78, 5) is 21.7. The molecule has 2 N–H and O–H groups in total. The fraction of sp³-hybridized carbons (Fsp3) is 0.346. The second-order valence-corrected chi connectivity index (χ2v) is 8.73. The molecule has 0 amide bonds. The molecule has 0 atom stereocenters.